The van der Waals surface area contributed by atoms with Gasteiger partial charge in [0.15, 0.2) is 0 Å². The molecule has 1 aliphatic rings. The monoisotopic (exact) mass is 214 g/mol. The van der Waals surface area contributed by atoms with Crippen LogP contribution in [0.3, 0.4) is 0 Å². The number of rotatable bonds is 0. The Hall–Kier alpha value is -1.64. The molecule has 0 saturated heterocycles. The third-order valence-corrected chi connectivity index (χ3v) is 3.27. The Morgan fingerprint density at radius 1 is 1.25 bits per heavy atom. The van der Waals surface area contributed by atoms with Crippen molar-refractivity contribution < 1.29 is 0 Å². The third-order valence-electron chi connectivity index (χ3n) is 3.27. The Balaban J connectivity index is 2.51. The van der Waals surface area contributed by atoms with Crippen LogP contribution in [0.25, 0.3) is 5.65 Å². The molecule has 3 nitrogen and oxygen atoms in total. The highest BCUT2D eigenvalue weighted by molar-refractivity contribution is 5.46. The summed E-state index contributed by atoms with van der Waals surface area (Å²) in [4.78, 5) is 16.9. The summed E-state index contributed by atoms with van der Waals surface area (Å²) in [6.45, 7) is 4.00. The van der Waals surface area contributed by atoms with Crippen LogP contribution in [-0.2, 0) is 12.8 Å². The number of hydrogen-bond donors (Lipinski definition) is 0. The van der Waals surface area contributed by atoms with Crippen LogP contribution in [-0.4, -0.2) is 9.38 Å². The molecule has 3 rings (SSSR count). The highest BCUT2D eigenvalue weighted by Gasteiger charge is 2.18. The van der Waals surface area contributed by atoms with Crippen molar-refractivity contribution in [2.75, 3.05) is 0 Å². The van der Waals surface area contributed by atoms with Crippen LogP contribution >= 0.6 is 0 Å². The van der Waals surface area contributed by atoms with Crippen LogP contribution in [0.5, 0.6) is 0 Å². The lowest BCUT2D eigenvalue weighted by molar-refractivity contribution is 0.899. The average Bonchev–Trinajstić information content (AvgIpc) is 2.64. The largest absolute Gasteiger partial charge is 0.269 e. The number of nitrogens with zero attached hydrogens (tertiary/aromatic N) is 2. The van der Waals surface area contributed by atoms with Crippen LogP contribution in [0.2, 0.25) is 0 Å². The Kier molecular flexibility index (Phi) is 1.90. The summed E-state index contributed by atoms with van der Waals surface area (Å²) in [5, 5.41) is 0. The molecule has 1 aliphatic carbocycles. The van der Waals surface area contributed by atoms with E-state index in [1.165, 1.54) is 0 Å². The van der Waals surface area contributed by atoms with Gasteiger partial charge in [-0.3, -0.25) is 9.20 Å². The summed E-state index contributed by atoms with van der Waals surface area (Å²) >= 11 is 0. The van der Waals surface area contributed by atoms with Gasteiger partial charge in [-0.25, -0.2) is 4.98 Å². The SMILES string of the molecule is Cc1cc(C)n2c(=O)c3c(nc2c1)CCC3. The minimum Gasteiger partial charge on any atom is -0.269 e. The second-order valence-electron chi connectivity index (χ2n) is 4.56. The van der Waals surface area contributed by atoms with Crippen LogP contribution in [0, 0.1) is 13.8 Å². The van der Waals surface area contributed by atoms with Crippen LogP contribution in [0.4, 0.5) is 0 Å². The van der Waals surface area contributed by atoms with E-state index < -0.39 is 0 Å². The third kappa shape index (κ3) is 1.21. The van der Waals surface area contributed by atoms with Crippen molar-refractivity contribution in [3.63, 3.8) is 0 Å². The zero-order chi connectivity index (χ0) is 11.3. The first-order valence-electron chi connectivity index (χ1n) is 5.68. The van der Waals surface area contributed by atoms with Gasteiger partial charge in [0.2, 0.25) is 0 Å². The van der Waals surface area contributed by atoms with E-state index in [1.54, 1.807) is 4.40 Å². The van der Waals surface area contributed by atoms with Crippen molar-refractivity contribution in [3.05, 3.63) is 45.0 Å². The van der Waals surface area contributed by atoms with E-state index in [4.69, 9.17) is 0 Å². The summed E-state index contributed by atoms with van der Waals surface area (Å²) in [7, 11) is 0. The summed E-state index contributed by atoms with van der Waals surface area (Å²) < 4.78 is 1.73. The maximum Gasteiger partial charge on any atom is 0.261 e. The van der Waals surface area contributed by atoms with Crippen molar-refractivity contribution in [2.45, 2.75) is 33.1 Å². The molecule has 3 heteroatoms. The predicted molar refractivity (Wildman–Crippen MR) is 63.0 cm³/mol. The van der Waals surface area contributed by atoms with E-state index in [2.05, 4.69) is 4.98 Å². The van der Waals surface area contributed by atoms with Gasteiger partial charge in [-0.15, -0.1) is 0 Å². The lowest BCUT2D eigenvalue weighted by Crippen LogP contribution is -2.21. The van der Waals surface area contributed by atoms with Gasteiger partial charge in [-0.05, 0) is 50.8 Å². The molecular weight excluding hydrogens is 200 g/mol. The average molecular weight is 214 g/mol. The number of hydrogen-bond acceptors (Lipinski definition) is 2. The fourth-order valence-corrected chi connectivity index (χ4v) is 2.59. The molecule has 16 heavy (non-hydrogen) atoms. The van der Waals surface area contributed by atoms with Gasteiger partial charge in [-0.1, -0.05) is 0 Å². The summed E-state index contributed by atoms with van der Waals surface area (Å²) in [5.41, 5.74) is 4.99. The van der Waals surface area contributed by atoms with Gasteiger partial charge in [0, 0.05) is 11.3 Å². The van der Waals surface area contributed by atoms with E-state index in [-0.39, 0.29) is 5.56 Å². The molecule has 0 saturated carbocycles. The molecule has 0 aliphatic heterocycles. The van der Waals surface area contributed by atoms with E-state index in [0.717, 1.165) is 47.4 Å². The molecule has 2 aromatic heterocycles. The maximum absolute atomic E-state index is 12.3. The van der Waals surface area contributed by atoms with E-state index in [9.17, 15) is 4.79 Å². The van der Waals surface area contributed by atoms with Gasteiger partial charge in [0.05, 0.1) is 5.69 Å². The lowest BCUT2D eigenvalue weighted by Gasteiger charge is -2.08. The molecule has 0 spiro atoms. The van der Waals surface area contributed by atoms with Gasteiger partial charge in [0.1, 0.15) is 5.65 Å². The number of aryl methyl sites for hydroxylation is 3. The Labute approximate surface area is 93.8 Å². The van der Waals surface area contributed by atoms with Crippen molar-refractivity contribution in [1.29, 1.82) is 0 Å². The molecule has 82 valence electrons. The lowest BCUT2D eigenvalue weighted by atomic mass is 10.2. The molecule has 0 radical (unpaired) electrons. The molecule has 0 bridgehead atoms. The van der Waals surface area contributed by atoms with Crippen molar-refractivity contribution >= 4 is 5.65 Å². The topological polar surface area (TPSA) is 34.4 Å². The van der Waals surface area contributed by atoms with Gasteiger partial charge >= 0.3 is 0 Å². The molecule has 0 amide bonds. The fraction of sp³-hybridized carbons (Fsp3) is 0.385. The summed E-state index contributed by atoms with van der Waals surface area (Å²) in [6.07, 6.45) is 2.90. The second kappa shape index (κ2) is 3.17. The Morgan fingerprint density at radius 2 is 2.06 bits per heavy atom. The minimum atomic E-state index is 0.134. The number of aromatic nitrogens is 2. The standard InChI is InChI=1S/C13H14N2O/c1-8-6-9(2)15-12(7-8)14-11-5-3-4-10(11)13(15)16/h6-7H,3-5H2,1-2H3. The number of pyridine rings is 1. The highest BCUT2D eigenvalue weighted by atomic mass is 16.1. The zero-order valence-corrected chi connectivity index (χ0v) is 9.58. The zero-order valence-electron chi connectivity index (χ0n) is 9.58. The molecule has 0 atom stereocenters. The Bertz CT molecular complexity index is 640. The molecule has 0 fully saturated rings. The fourth-order valence-electron chi connectivity index (χ4n) is 2.59. The quantitative estimate of drug-likeness (QED) is 0.670. The molecule has 2 heterocycles. The molecular formula is C13H14N2O. The second-order valence-corrected chi connectivity index (χ2v) is 4.56. The van der Waals surface area contributed by atoms with Crippen LogP contribution < -0.4 is 5.56 Å². The first-order valence-corrected chi connectivity index (χ1v) is 5.68. The highest BCUT2D eigenvalue weighted by Crippen LogP contribution is 2.18. The Morgan fingerprint density at radius 3 is 2.88 bits per heavy atom. The molecule has 0 aromatic carbocycles. The molecule has 0 N–H and O–H groups in total. The van der Waals surface area contributed by atoms with E-state index in [0.29, 0.717) is 0 Å². The number of fused-ring (bicyclic) bond motifs is 2. The van der Waals surface area contributed by atoms with Crippen molar-refractivity contribution in [2.24, 2.45) is 0 Å². The van der Waals surface area contributed by atoms with Crippen molar-refractivity contribution in [1.82, 2.24) is 9.38 Å². The smallest absolute Gasteiger partial charge is 0.261 e. The predicted octanol–water partition coefficient (Wildman–Crippen LogP) is 1.80. The summed E-state index contributed by atoms with van der Waals surface area (Å²) in [5.74, 6) is 0. The van der Waals surface area contributed by atoms with E-state index in [1.807, 2.05) is 26.0 Å². The van der Waals surface area contributed by atoms with Gasteiger partial charge in [-0.2, -0.15) is 0 Å². The van der Waals surface area contributed by atoms with E-state index >= 15 is 0 Å². The summed E-state index contributed by atoms with van der Waals surface area (Å²) in [6, 6.07) is 4.00. The normalized spacial score (nSPS) is 14.4. The van der Waals surface area contributed by atoms with Crippen LogP contribution in [0.15, 0.2) is 16.9 Å². The molecule has 2 aromatic rings. The van der Waals surface area contributed by atoms with Crippen molar-refractivity contribution in [3.8, 4) is 0 Å². The molecule has 0 unspecified atom stereocenters. The van der Waals surface area contributed by atoms with Gasteiger partial charge < -0.3 is 0 Å². The van der Waals surface area contributed by atoms with Gasteiger partial charge in [0.25, 0.3) is 5.56 Å². The first kappa shape index (κ1) is 9.58. The first-order chi connectivity index (χ1) is 7.66. The van der Waals surface area contributed by atoms with Crippen LogP contribution in [0.1, 0.15) is 28.9 Å². The maximum atomic E-state index is 12.3. The minimum absolute atomic E-state index is 0.134.